The zero-order chi connectivity index (χ0) is 18.9. The van der Waals surface area contributed by atoms with Crippen LogP contribution in [-0.2, 0) is 14.3 Å². The Hall–Kier alpha value is -2.87. The van der Waals surface area contributed by atoms with E-state index in [2.05, 4.69) is 15.6 Å². The summed E-state index contributed by atoms with van der Waals surface area (Å²) in [6.07, 6.45) is 4.50. The van der Waals surface area contributed by atoms with Gasteiger partial charge in [0, 0.05) is 25.4 Å². The maximum absolute atomic E-state index is 12.1. The molecule has 0 aliphatic rings. The number of hydrogen-bond donors (Lipinski definition) is 2. The number of hydrogen-bond acceptors (Lipinski definition) is 6. The maximum atomic E-state index is 12.1. The fourth-order valence-corrected chi connectivity index (χ4v) is 2.42. The maximum Gasteiger partial charge on any atom is 0.313 e. The Kier molecular flexibility index (Phi) is 7.16. The van der Waals surface area contributed by atoms with Gasteiger partial charge in [-0.15, -0.1) is 0 Å². The van der Waals surface area contributed by atoms with Gasteiger partial charge in [0.1, 0.15) is 5.75 Å². The molecule has 2 rings (SSSR count). The van der Waals surface area contributed by atoms with Gasteiger partial charge in [0.15, 0.2) is 12.2 Å². The molecule has 0 saturated carbocycles. The molecule has 0 aliphatic carbocycles. The quantitative estimate of drug-likeness (QED) is 0.699. The molecule has 1 unspecified atom stereocenters. The topological polar surface area (TPSA) is 103 Å². The number of benzene rings is 1. The molecule has 0 bridgehead atoms. The molecule has 0 spiro atoms. The van der Waals surface area contributed by atoms with E-state index in [0.717, 1.165) is 12.8 Å². The molecule has 0 fully saturated rings. The summed E-state index contributed by atoms with van der Waals surface area (Å²) >= 11 is 0. The van der Waals surface area contributed by atoms with Crippen LogP contribution in [0, 0.1) is 0 Å². The number of oxazole rings is 1. The van der Waals surface area contributed by atoms with Gasteiger partial charge in [0.05, 0.1) is 25.0 Å². The number of anilines is 1. The average molecular weight is 361 g/mol. The van der Waals surface area contributed by atoms with Gasteiger partial charge in [-0.2, -0.15) is 0 Å². The standard InChI is InChI=1S/C18H23N3O5/c1-4-5-13(24-2)9-20-17(22)18(23)21-12-6-7-14(15(8-12)25-3)16-10-19-11-26-16/h6-8,10-11,13H,4-5,9H2,1-3H3,(H,20,22)(H,21,23). The summed E-state index contributed by atoms with van der Waals surface area (Å²) in [7, 11) is 3.08. The molecule has 8 nitrogen and oxygen atoms in total. The van der Waals surface area contributed by atoms with Gasteiger partial charge in [-0.3, -0.25) is 9.59 Å². The fraction of sp³-hybridized carbons (Fsp3) is 0.389. The van der Waals surface area contributed by atoms with Crippen molar-refractivity contribution in [3.8, 4) is 17.1 Å². The molecule has 2 N–H and O–H groups in total. The van der Waals surface area contributed by atoms with E-state index in [0.29, 0.717) is 22.8 Å². The van der Waals surface area contributed by atoms with Crippen molar-refractivity contribution < 1.29 is 23.5 Å². The SMILES string of the molecule is CCCC(CNC(=O)C(=O)Nc1ccc(-c2cnco2)c(OC)c1)OC. The molecule has 0 radical (unpaired) electrons. The van der Waals surface area contributed by atoms with Crippen molar-refractivity contribution >= 4 is 17.5 Å². The number of aromatic nitrogens is 1. The lowest BCUT2D eigenvalue weighted by molar-refractivity contribution is -0.136. The van der Waals surface area contributed by atoms with Crippen molar-refractivity contribution in [2.45, 2.75) is 25.9 Å². The number of carbonyl (C=O) groups is 2. The van der Waals surface area contributed by atoms with Crippen LogP contribution in [0.3, 0.4) is 0 Å². The monoisotopic (exact) mass is 361 g/mol. The van der Waals surface area contributed by atoms with Crippen molar-refractivity contribution in [3.05, 3.63) is 30.8 Å². The zero-order valence-electron chi connectivity index (χ0n) is 15.1. The minimum atomic E-state index is -0.759. The summed E-state index contributed by atoms with van der Waals surface area (Å²) in [4.78, 5) is 27.9. The molecule has 1 heterocycles. The average Bonchev–Trinajstić information content (AvgIpc) is 3.19. The lowest BCUT2D eigenvalue weighted by Crippen LogP contribution is -2.40. The Bertz CT molecular complexity index is 730. The van der Waals surface area contributed by atoms with Crippen molar-refractivity contribution in [2.24, 2.45) is 0 Å². The molecule has 1 aromatic heterocycles. The smallest absolute Gasteiger partial charge is 0.313 e. The van der Waals surface area contributed by atoms with Gasteiger partial charge in [0.2, 0.25) is 0 Å². The molecule has 140 valence electrons. The Morgan fingerprint density at radius 1 is 1.27 bits per heavy atom. The fourth-order valence-electron chi connectivity index (χ4n) is 2.42. The molecule has 0 saturated heterocycles. The number of nitrogens with zero attached hydrogens (tertiary/aromatic N) is 1. The van der Waals surface area contributed by atoms with E-state index < -0.39 is 11.8 Å². The van der Waals surface area contributed by atoms with Crippen LogP contribution < -0.4 is 15.4 Å². The first-order valence-electron chi connectivity index (χ1n) is 8.27. The van der Waals surface area contributed by atoms with E-state index in [1.165, 1.54) is 13.5 Å². The molecular formula is C18H23N3O5. The number of amides is 2. The van der Waals surface area contributed by atoms with Gasteiger partial charge < -0.3 is 24.5 Å². The summed E-state index contributed by atoms with van der Waals surface area (Å²) in [5.41, 5.74) is 1.12. The summed E-state index contributed by atoms with van der Waals surface area (Å²) in [5, 5.41) is 5.12. The lowest BCUT2D eigenvalue weighted by Gasteiger charge is -2.15. The highest BCUT2D eigenvalue weighted by Gasteiger charge is 2.17. The van der Waals surface area contributed by atoms with Crippen LogP contribution in [0.2, 0.25) is 0 Å². The molecule has 26 heavy (non-hydrogen) atoms. The minimum absolute atomic E-state index is 0.113. The molecule has 1 aromatic carbocycles. The van der Waals surface area contributed by atoms with Crippen LogP contribution in [0.15, 0.2) is 35.2 Å². The van der Waals surface area contributed by atoms with Crippen LogP contribution in [0.5, 0.6) is 5.75 Å². The molecule has 2 amide bonds. The van der Waals surface area contributed by atoms with Crippen molar-refractivity contribution in [1.82, 2.24) is 10.3 Å². The highest BCUT2D eigenvalue weighted by molar-refractivity contribution is 6.39. The number of ether oxygens (including phenoxy) is 2. The highest BCUT2D eigenvalue weighted by Crippen LogP contribution is 2.32. The lowest BCUT2D eigenvalue weighted by atomic mass is 10.1. The normalized spacial score (nSPS) is 11.7. The first-order valence-corrected chi connectivity index (χ1v) is 8.27. The molecular weight excluding hydrogens is 338 g/mol. The molecule has 0 aliphatic heterocycles. The Balaban J connectivity index is 1.99. The number of nitrogens with one attached hydrogen (secondary N) is 2. The third-order valence-corrected chi connectivity index (χ3v) is 3.80. The van der Waals surface area contributed by atoms with E-state index in [9.17, 15) is 9.59 Å². The van der Waals surface area contributed by atoms with E-state index >= 15 is 0 Å². The number of carbonyl (C=O) groups excluding carboxylic acids is 2. The van der Waals surface area contributed by atoms with Gasteiger partial charge >= 0.3 is 11.8 Å². The Morgan fingerprint density at radius 2 is 2.08 bits per heavy atom. The molecule has 2 aromatic rings. The summed E-state index contributed by atoms with van der Waals surface area (Å²) < 4.78 is 15.8. The summed E-state index contributed by atoms with van der Waals surface area (Å²) in [5.74, 6) is -0.450. The predicted molar refractivity (Wildman–Crippen MR) is 95.8 cm³/mol. The highest BCUT2D eigenvalue weighted by atomic mass is 16.5. The predicted octanol–water partition coefficient (Wildman–Crippen LogP) is 2.22. The van der Waals surface area contributed by atoms with Crippen molar-refractivity contribution in [1.29, 1.82) is 0 Å². The Labute approximate surface area is 151 Å². The number of rotatable bonds is 8. The van der Waals surface area contributed by atoms with Crippen LogP contribution in [0.25, 0.3) is 11.3 Å². The Morgan fingerprint density at radius 3 is 2.69 bits per heavy atom. The van der Waals surface area contributed by atoms with E-state index in [-0.39, 0.29) is 12.6 Å². The van der Waals surface area contributed by atoms with Crippen LogP contribution >= 0.6 is 0 Å². The van der Waals surface area contributed by atoms with E-state index in [4.69, 9.17) is 13.9 Å². The van der Waals surface area contributed by atoms with Gasteiger partial charge in [-0.05, 0) is 18.6 Å². The largest absolute Gasteiger partial charge is 0.496 e. The first-order chi connectivity index (χ1) is 12.6. The minimum Gasteiger partial charge on any atom is -0.496 e. The van der Waals surface area contributed by atoms with E-state index in [1.807, 2.05) is 6.92 Å². The first kappa shape index (κ1) is 19.5. The summed E-state index contributed by atoms with van der Waals surface area (Å²) in [6.45, 7) is 2.31. The van der Waals surface area contributed by atoms with E-state index in [1.54, 1.807) is 31.5 Å². The van der Waals surface area contributed by atoms with Crippen molar-refractivity contribution in [2.75, 3.05) is 26.1 Å². The van der Waals surface area contributed by atoms with Crippen molar-refractivity contribution in [3.63, 3.8) is 0 Å². The number of methoxy groups -OCH3 is 2. The molecule has 1 atom stereocenters. The third kappa shape index (κ3) is 5.06. The van der Waals surface area contributed by atoms with Gasteiger partial charge in [0.25, 0.3) is 0 Å². The van der Waals surface area contributed by atoms with Gasteiger partial charge in [-0.25, -0.2) is 4.98 Å². The van der Waals surface area contributed by atoms with Crippen LogP contribution in [0.1, 0.15) is 19.8 Å². The molecule has 8 heteroatoms. The van der Waals surface area contributed by atoms with Crippen LogP contribution in [0.4, 0.5) is 5.69 Å². The summed E-state index contributed by atoms with van der Waals surface area (Å²) in [6, 6.07) is 4.98. The second kappa shape index (κ2) is 9.57. The van der Waals surface area contributed by atoms with Crippen LogP contribution in [-0.4, -0.2) is 43.7 Å². The second-order valence-corrected chi connectivity index (χ2v) is 5.59. The second-order valence-electron chi connectivity index (χ2n) is 5.59. The third-order valence-electron chi connectivity index (χ3n) is 3.80. The van der Waals surface area contributed by atoms with Gasteiger partial charge in [-0.1, -0.05) is 13.3 Å². The zero-order valence-corrected chi connectivity index (χ0v) is 15.1.